The van der Waals surface area contributed by atoms with Gasteiger partial charge in [0.05, 0.1) is 0 Å². The minimum atomic E-state index is -2.66. The van der Waals surface area contributed by atoms with Crippen LogP contribution in [0.1, 0.15) is 6.92 Å². The third kappa shape index (κ3) is 2.52. The number of aliphatic hydroxyl groups excluding tert-OH is 1. The van der Waals surface area contributed by atoms with Crippen molar-refractivity contribution in [2.24, 2.45) is 0 Å². The highest BCUT2D eigenvalue weighted by Gasteiger charge is 2.31. The number of ketones is 1. The Morgan fingerprint density at radius 1 is 1.44 bits per heavy atom. The van der Waals surface area contributed by atoms with Gasteiger partial charge in [0.2, 0.25) is 17.9 Å². The third-order valence-electron chi connectivity index (χ3n) is 0.701. The lowest BCUT2D eigenvalue weighted by atomic mass is 10.2. The number of carbonyl (C=O) groups is 1. The lowest BCUT2D eigenvalue weighted by Gasteiger charge is -2.14. The van der Waals surface area contributed by atoms with E-state index in [1.165, 1.54) is 0 Å². The molecule has 0 bridgehead atoms. The molecule has 0 rings (SSSR count). The highest BCUT2D eigenvalue weighted by molar-refractivity contribution is 5.87. The molecule has 0 fully saturated rings. The summed E-state index contributed by atoms with van der Waals surface area (Å²) in [6, 6.07) is 0. The van der Waals surface area contributed by atoms with Crippen LogP contribution in [-0.2, 0) is 4.79 Å². The maximum absolute atomic E-state index is 10.2. The fourth-order valence-electron chi connectivity index (χ4n) is 0.245. The smallest absolute Gasteiger partial charge is 0.246 e. The molecule has 0 aliphatic carbocycles. The summed E-state index contributed by atoms with van der Waals surface area (Å²) >= 11 is 0. The van der Waals surface area contributed by atoms with Crippen molar-refractivity contribution in [2.75, 3.05) is 0 Å². The quantitative estimate of drug-likeness (QED) is 0.316. The normalized spacial score (nSPS) is 12.2. The van der Waals surface area contributed by atoms with E-state index in [2.05, 4.69) is 0 Å². The van der Waals surface area contributed by atoms with Crippen LogP contribution in [0.25, 0.3) is 0 Å². The van der Waals surface area contributed by atoms with Gasteiger partial charge in [0.1, 0.15) is 0 Å². The lowest BCUT2D eigenvalue weighted by molar-refractivity contribution is -0.198. The van der Waals surface area contributed by atoms with E-state index in [9.17, 15) is 4.79 Å². The van der Waals surface area contributed by atoms with Crippen LogP contribution in [0.5, 0.6) is 0 Å². The van der Waals surface area contributed by atoms with Gasteiger partial charge in [0, 0.05) is 0 Å². The first-order chi connectivity index (χ1) is 3.85. The number of hydrogen-bond donors (Lipinski definition) is 4. The fourth-order valence-corrected chi connectivity index (χ4v) is 0.245. The van der Waals surface area contributed by atoms with E-state index in [4.69, 9.17) is 20.4 Å². The first-order valence-corrected chi connectivity index (χ1v) is 2.21. The number of hydrogen-bond acceptors (Lipinski definition) is 5. The number of carbonyl (C=O) groups excluding carboxylic acids is 1. The molecule has 0 unspecified atom stereocenters. The van der Waals surface area contributed by atoms with Crippen LogP contribution in [0, 0.1) is 0 Å². The third-order valence-corrected chi connectivity index (χ3v) is 0.701. The van der Waals surface area contributed by atoms with E-state index in [0.717, 1.165) is 6.92 Å². The summed E-state index contributed by atoms with van der Waals surface area (Å²) in [6.45, 7) is 0.745. The zero-order valence-corrected chi connectivity index (χ0v) is 4.77. The Morgan fingerprint density at radius 2 is 1.78 bits per heavy atom. The van der Waals surface area contributed by atoms with Gasteiger partial charge in [-0.05, 0) is 6.92 Å². The average molecular weight is 136 g/mol. The van der Waals surface area contributed by atoms with Crippen molar-refractivity contribution < 1.29 is 25.2 Å². The Morgan fingerprint density at radius 3 is 1.78 bits per heavy atom. The van der Waals surface area contributed by atoms with Crippen LogP contribution < -0.4 is 0 Å². The van der Waals surface area contributed by atoms with Gasteiger partial charge in [0.25, 0.3) is 0 Å². The molecular formula is C4H8O5. The average Bonchev–Trinajstić information content (AvgIpc) is 1.62. The van der Waals surface area contributed by atoms with Crippen molar-refractivity contribution in [1.29, 1.82) is 0 Å². The predicted octanol–water partition coefficient (Wildman–Crippen LogP) is -2.43. The molecule has 0 saturated carbocycles. The van der Waals surface area contributed by atoms with E-state index < -0.39 is 17.9 Å². The molecule has 0 aromatic heterocycles. The minimum Gasteiger partial charge on any atom is -0.362 e. The van der Waals surface area contributed by atoms with Gasteiger partial charge in [-0.25, -0.2) is 0 Å². The van der Waals surface area contributed by atoms with Crippen LogP contribution in [0.15, 0.2) is 0 Å². The first kappa shape index (κ1) is 8.51. The van der Waals surface area contributed by atoms with Gasteiger partial charge < -0.3 is 20.4 Å². The van der Waals surface area contributed by atoms with E-state index in [-0.39, 0.29) is 0 Å². The maximum atomic E-state index is 10.2. The second kappa shape index (κ2) is 2.40. The highest BCUT2D eigenvalue weighted by atomic mass is 16.5. The van der Waals surface area contributed by atoms with Crippen LogP contribution in [-0.4, -0.2) is 38.3 Å². The molecule has 54 valence electrons. The zero-order chi connectivity index (χ0) is 7.65. The standard InChI is InChI=1S/C4H8O5/c1-4(8,9)2(5)3(6)7/h3,6-9H,1H3. The van der Waals surface area contributed by atoms with Crippen LogP contribution >= 0.6 is 0 Å². The summed E-state index contributed by atoms with van der Waals surface area (Å²) in [7, 11) is 0. The van der Waals surface area contributed by atoms with Crippen molar-refractivity contribution in [3.05, 3.63) is 0 Å². The molecule has 0 aliphatic rings. The number of Topliss-reactive ketones (excluding diaryl/α,β-unsaturated/α-hetero) is 1. The largest absolute Gasteiger partial charge is 0.362 e. The Bertz CT molecular complexity index is 111. The van der Waals surface area contributed by atoms with Crippen molar-refractivity contribution in [2.45, 2.75) is 19.0 Å². The Kier molecular flexibility index (Phi) is 2.27. The molecule has 4 N–H and O–H groups in total. The van der Waals surface area contributed by atoms with E-state index in [1.54, 1.807) is 0 Å². The van der Waals surface area contributed by atoms with E-state index in [0.29, 0.717) is 0 Å². The van der Waals surface area contributed by atoms with Crippen molar-refractivity contribution >= 4 is 5.78 Å². The molecule has 0 heterocycles. The number of aliphatic hydroxyl groups is 4. The monoisotopic (exact) mass is 136 g/mol. The summed E-state index contributed by atoms with van der Waals surface area (Å²) in [4.78, 5) is 10.2. The summed E-state index contributed by atoms with van der Waals surface area (Å²) in [5.74, 6) is -4.10. The Labute approximate surface area is 51.2 Å². The zero-order valence-electron chi connectivity index (χ0n) is 4.77. The highest BCUT2D eigenvalue weighted by Crippen LogP contribution is 2.00. The molecule has 9 heavy (non-hydrogen) atoms. The SMILES string of the molecule is CC(O)(O)C(=O)C(O)O. The fraction of sp³-hybridized carbons (Fsp3) is 0.750. The molecule has 0 aliphatic heterocycles. The Hall–Kier alpha value is -0.490. The molecule has 0 aromatic rings. The van der Waals surface area contributed by atoms with Crippen LogP contribution in [0.4, 0.5) is 0 Å². The van der Waals surface area contributed by atoms with Crippen molar-refractivity contribution in [1.82, 2.24) is 0 Å². The molecule has 5 nitrogen and oxygen atoms in total. The minimum absolute atomic E-state index is 0.745. The first-order valence-electron chi connectivity index (χ1n) is 2.21. The molecule has 0 spiro atoms. The van der Waals surface area contributed by atoms with E-state index >= 15 is 0 Å². The predicted molar refractivity (Wildman–Crippen MR) is 26.1 cm³/mol. The van der Waals surface area contributed by atoms with Crippen LogP contribution in [0.3, 0.4) is 0 Å². The summed E-state index contributed by atoms with van der Waals surface area (Å²) in [6.07, 6.45) is -2.33. The molecule has 0 aromatic carbocycles. The second-order valence-electron chi connectivity index (χ2n) is 1.76. The van der Waals surface area contributed by atoms with Gasteiger partial charge in [-0.3, -0.25) is 4.79 Å². The molecular weight excluding hydrogens is 128 g/mol. The maximum Gasteiger partial charge on any atom is 0.246 e. The van der Waals surface area contributed by atoms with Crippen LogP contribution in [0.2, 0.25) is 0 Å². The topological polar surface area (TPSA) is 98.0 Å². The summed E-state index contributed by atoms with van der Waals surface area (Å²) in [5, 5.41) is 32.8. The van der Waals surface area contributed by atoms with Gasteiger partial charge >= 0.3 is 0 Å². The number of rotatable bonds is 2. The lowest BCUT2D eigenvalue weighted by Crippen LogP contribution is -2.42. The molecule has 0 atom stereocenters. The molecule has 0 amide bonds. The summed E-state index contributed by atoms with van der Waals surface area (Å²) in [5.41, 5.74) is 0. The molecule has 0 saturated heterocycles. The summed E-state index contributed by atoms with van der Waals surface area (Å²) < 4.78 is 0. The molecule has 5 heteroatoms. The van der Waals surface area contributed by atoms with Crippen molar-refractivity contribution in [3.63, 3.8) is 0 Å². The van der Waals surface area contributed by atoms with Gasteiger partial charge in [-0.2, -0.15) is 0 Å². The van der Waals surface area contributed by atoms with Gasteiger partial charge in [-0.1, -0.05) is 0 Å². The van der Waals surface area contributed by atoms with Crippen molar-refractivity contribution in [3.8, 4) is 0 Å². The second-order valence-corrected chi connectivity index (χ2v) is 1.76. The Balaban J connectivity index is 4.06. The van der Waals surface area contributed by atoms with E-state index in [1.807, 2.05) is 0 Å². The van der Waals surface area contributed by atoms with Gasteiger partial charge in [-0.15, -0.1) is 0 Å². The van der Waals surface area contributed by atoms with Gasteiger partial charge in [0.15, 0.2) is 0 Å². The molecule has 0 radical (unpaired) electrons.